The minimum Gasteiger partial charge on any atom is -0.465 e. The molecule has 1 aromatic heterocycles. The number of nitrogens with one attached hydrogen (secondary N) is 1. The van der Waals surface area contributed by atoms with E-state index in [0.717, 1.165) is 5.56 Å². The molecule has 1 amide bonds. The number of benzene rings is 2. The Hall–Kier alpha value is -3.13. The van der Waals surface area contributed by atoms with Gasteiger partial charge in [0.05, 0.1) is 29.3 Å². The number of hydrogen-bond acceptors (Lipinski definition) is 6. The summed E-state index contributed by atoms with van der Waals surface area (Å²) in [5.41, 5.74) is 1.62. The van der Waals surface area contributed by atoms with Gasteiger partial charge in [-0.1, -0.05) is 42.1 Å². The zero-order valence-electron chi connectivity index (χ0n) is 16.9. The highest BCUT2D eigenvalue weighted by Crippen LogP contribution is 2.20. The van der Waals surface area contributed by atoms with Gasteiger partial charge in [-0.2, -0.15) is 0 Å². The number of nitrogens with zero attached hydrogens (tertiary/aromatic N) is 2. The van der Waals surface area contributed by atoms with Crippen molar-refractivity contribution in [3.63, 3.8) is 0 Å². The van der Waals surface area contributed by atoms with Crippen molar-refractivity contribution in [1.82, 2.24) is 14.9 Å². The number of carbonyl (C=O) groups excluding carboxylic acids is 2. The number of methoxy groups -OCH3 is 1. The Kier molecular flexibility index (Phi) is 7.24. The predicted molar refractivity (Wildman–Crippen MR) is 117 cm³/mol. The number of aromatic nitrogens is 2. The molecule has 30 heavy (non-hydrogen) atoms. The number of ether oxygens (including phenoxy) is 1. The molecule has 0 saturated heterocycles. The van der Waals surface area contributed by atoms with Gasteiger partial charge in [-0.05, 0) is 37.1 Å². The van der Waals surface area contributed by atoms with Crippen LogP contribution in [0.5, 0.6) is 0 Å². The smallest absolute Gasteiger partial charge is 0.337 e. The Morgan fingerprint density at radius 1 is 1.17 bits per heavy atom. The van der Waals surface area contributed by atoms with Crippen molar-refractivity contribution >= 4 is 34.5 Å². The lowest BCUT2D eigenvalue weighted by atomic mass is 10.1. The molecule has 8 heteroatoms. The van der Waals surface area contributed by atoms with Crippen molar-refractivity contribution in [1.29, 1.82) is 0 Å². The van der Waals surface area contributed by atoms with Crippen LogP contribution in [-0.2, 0) is 22.5 Å². The number of esters is 1. The molecule has 0 spiro atoms. The summed E-state index contributed by atoms with van der Waals surface area (Å²) in [6.45, 7) is 2.82. The average Bonchev–Trinajstić information content (AvgIpc) is 2.77. The van der Waals surface area contributed by atoms with Gasteiger partial charge in [-0.15, -0.1) is 0 Å². The van der Waals surface area contributed by atoms with Crippen LogP contribution in [0.15, 0.2) is 58.5 Å². The fraction of sp³-hybridized carbons (Fsp3) is 0.273. The molecule has 2 aromatic carbocycles. The first-order chi connectivity index (χ1) is 14.5. The Labute approximate surface area is 178 Å². The van der Waals surface area contributed by atoms with Gasteiger partial charge in [0, 0.05) is 13.1 Å². The Morgan fingerprint density at radius 3 is 2.63 bits per heavy atom. The number of rotatable bonds is 8. The third-order valence-electron chi connectivity index (χ3n) is 4.51. The van der Waals surface area contributed by atoms with E-state index < -0.39 is 5.97 Å². The van der Waals surface area contributed by atoms with Crippen molar-refractivity contribution in [2.75, 3.05) is 19.4 Å². The monoisotopic (exact) mass is 425 g/mol. The van der Waals surface area contributed by atoms with E-state index in [1.54, 1.807) is 22.8 Å². The summed E-state index contributed by atoms with van der Waals surface area (Å²) in [6, 6.07) is 14.5. The molecular formula is C22H23N3O4S. The van der Waals surface area contributed by atoms with E-state index in [-0.39, 0.29) is 17.2 Å². The van der Waals surface area contributed by atoms with Crippen molar-refractivity contribution < 1.29 is 14.3 Å². The maximum atomic E-state index is 13.2. The van der Waals surface area contributed by atoms with E-state index in [1.807, 2.05) is 37.3 Å². The van der Waals surface area contributed by atoms with Crippen LogP contribution >= 0.6 is 11.8 Å². The fourth-order valence-corrected chi connectivity index (χ4v) is 3.87. The van der Waals surface area contributed by atoms with Crippen LogP contribution in [-0.4, -0.2) is 40.8 Å². The molecule has 0 bridgehead atoms. The van der Waals surface area contributed by atoms with Gasteiger partial charge in [0.25, 0.3) is 5.56 Å². The van der Waals surface area contributed by atoms with E-state index in [0.29, 0.717) is 41.1 Å². The molecule has 0 atom stereocenters. The molecule has 1 N–H and O–H groups in total. The highest BCUT2D eigenvalue weighted by atomic mass is 32.2. The van der Waals surface area contributed by atoms with Crippen LogP contribution in [0.25, 0.3) is 10.9 Å². The molecule has 0 fully saturated rings. The molecule has 0 radical (unpaired) electrons. The summed E-state index contributed by atoms with van der Waals surface area (Å²) in [5.74, 6) is -0.480. The first-order valence-electron chi connectivity index (χ1n) is 9.59. The molecule has 0 aliphatic heterocycles. The fourth-order valence-electron chi connectivity index (χ4n) is 3.02. The molecule has 7 nitrogen and oxygen atoms in total. The summed E-state index contributed by atoms with van der Waals surface area (Å²) in [5, 5.41) is 3.60. The molecule has 0 aliphatic carbocycles. The molecule has 3 rings (SSSR count). The lowest BCUT2D eigenvalue weighted by Crippen LogP contribution is -2.27. The zero-order chi connectivity index (χ0) is 21.5. The Bertz CT molecular complexity index is 1110. The van der Waals surface area contributed by atoms with Gasteiger partial charge in [-0.3, -0.25) is 14.2 Å². The highest BCUT2D eigenvalue weighted by Gasteiger charge is 2.15. The Balaban J connectivity index is 2.00. The van der Waals surface area contributed by atoms with Crippen molar-refractivity contribution in [3.05, 3.63) is 70.0 Å². The number of aryl methyl sites for hydroxylation is 1. The summed E-state index contributed by atoms with van der Waals surface area (Å²) in [6.07, 6.45) is 0.656. The van der Waals surface area contributed by atoms with Crippen LogP contribution in [0.4, 0.5) is 0 Å². The van der Waals surface area contributed by atoms with Crippen LogP contribution < -0.4 is 10.9 Å². The topological polar surface area (TPSA) is 90.3 Å². The predicted octanol–water partition coefficient (Wildman–Crippen LogP) is 2.65. The number of hydrogen-bond donors (Lipinski definition) is 1. The van der Waals surface area contributed by atoms with Crippen molar-refractivity contribution in [2.45, 2.75) is 25.0 Å². The van der Waals surface area contributed by atoms with Gasteiger partial charge in [0.2, 0.25) is 5.91 Å². The maximum absolute atomic E-state index is 13.2. The summed E-state index contributed by atoms with van der Waals surface area (Å²) in [7, 11) is 1.30. The lowest BCUT2D eigenvalue weighted by Gasteiger charge is -2.13. The zero-order valence-corrected chi connectivity index (χ0v) is 17.7. The number of carbonyl (C=O) groups is 2. The van der Waals surface area contributed by atoms with Gasteiger partial charge < -0.3 is 10.1 Å². The normalized spacial score (nSPS) is 10.7. The molecule has 1 heterocycles. The third kappa shape index (κ3) is 5.07. The van der Waals surface area contributed by atoms with Gasteiger partial charge in [0.1, 0.15) is 0 Å². The van der Waals surface area contributed by atoms with E-state index in [1.165, 1.54) is 18.9 Å². The average molecular weight is 426 g/mol. The molecule has 156 valence electrons. The summed E-state index contributed by atoms with van der Waals surface area (Å²) in [4.78, 5) is 41.6. The van der Waals surface area contributed by atoms with Crippen LogP contribution in [0.3, 0.4) is 0 Å². The quantitative estimate of drug-likeness (QED) is 0.339. The minimum absolute atomic E-state index is 0.130. The van der Waals surface area contributed by atoms with E-state index >= 15 is 0 Å². The van der Waals surface area contributed by atoms with E-state index in [4.69, 9.17) is 4.74 Å². The first kappa shape index (κ1) is 21.6. The number of amides is 1. The van der Waals surface area contributed by atoms with E-state index in [2.05, 4.69) is 10.3 Å². The van der Waals surface area contributed by atoms with Crippen LogP contribution in [0, 0.1) is 0 Å². The SMILES string of the molecule is CCNC(=O)CSc1nc2cc(C(=O)OC)ccc2c(=O)n1CCc1ccccc1. The maximum Gasteiger partial charge on any atom is 0.337 e. The number of thioether (sulfide) groups is 1. The molecule has 0 aliphatic rings. The Morgan fingerprint density at radius 2 is 1.93 bits per heavy atom. The van der Waals surface area contributed by atoms with Gasteiger partial charge >= 0.3 is 5.97 Å². The van der Waals surface area contributed by atoms with Crippen LogP contribution in [0.1, 0.15) is 22.8 Å². The van der Waals surface area contributed by atoms with E-state index in [9.17, 15) is 14.4 Å². The lowest BCUT2D eigenvalue weighted by molar-refractivity contribution is -0.118. The highest BCUT2D eigenvalue weighted by molar-refractivity contribution is 7.99. The second-order valence-corrected chi connectivity index (χ2v) is 7.49. The standard InChI is InChI=1S/C22H23N3O4S/c1-3-23-19(26)14-30-22-24-18-13-16(21(28)29-2)9-10-17(18)20(27)25(22)12-11-15-7-5-4-6-8-15/h4-10,13H,3,11-12,14H2,1-2H3,(H,23,26). The third-order valence-corrected chi connectivity index (χ3v) is 5.49. The molecule has 0 unspecified atom stereocenters. The second kappa shape index (κ2) is 10.1. The first-order valence-corrected chi connectivity index (χ1v) is 10.6. The summed E-state index contributed by atoms with van der Waals surface area (Å²) < 4.78 is 6.35. The largest absolute Gasteiger partial charge is 0.465 e. The minimum atomic E-state index is -0.497. The molecular weight excluding hydrogens is 402 g/mol. The second-order valence-electron chi connectivity index (χ2n) is 6.55. The summed E-state index contributed by atoms with van der Waals surface area (Å²) >= 11 is 1.20. The van der Waals surface area contributed by atoms with Gasteiger partial charge in [0.15, 0.2) is 5.16 Å². The molecule has 0 saturated carbocycles. The molecule has 3 aromatic rings. The van der Waals surface area contributed by atoms with Gasteiger partial charge in [-0.25, -0.2) is 9.78 Å². The van der Waals surface area contributed by atoms with Crippen molar-refractivity contribution in [2.24, 2.45) is 0 Å². The van der Waals surface area contributed by atoms with Crippen LogP contribution in [0.2, 0.25) is 0 Å². The van der Waals surface area contributed by atoms with Crippen molar-refractivity contribution in [3.8, 4) is 0 Å². The number of fused-ring (bicyclic) bond motifs is 1.